The molecule has 1 atom stereocenters. The molecule has 0 saturated carbocycles. The molecule has 4 nitrogen and oxygen atoms in total. The fourth-order valence-electron chi connectivity index (χ4n) is 1.69. The van der Waals surface area contributed by atoms with E-state index >= 15 is 0 Å². The quantitative estimate of drug-likeness (QED) is 0.890. The zero-order valence-corrected chi connectivity index (χ0v) is 10.8. The van der Waals surface area contributed by atoms with Crippen LogP contribution in [-0.4, -0.2) is 22.8 Å². The Balaban J connectivity index is 2.22. The predicted molar refractivity (Wildman–Crippen MR) is 68.4 cm³/mol. The van der Waals surface area contributed by atoms with Crippen molar-refractivity contribution in [2.24, 2.45) is 0 Å². The molecule has 20 heavy (non-hydrogen) atoms. The number of halogens is 2. The summed E-state index contributed by atoms with van der Waals surface area (Å²) in [7, 11) is 0. The van der Waals surface area contributed by atoms with Crippen molar-refractivity contribution < 1.29 is 28.5 Å². The molecule has 0 amide bonds. The number of aliphatic hydroxyl groups excluding tert-OH is 1. The molecule has 0 radical (unpaired) electrons. The highest BCUT2D eigenvalue weighted by atomic mass is 32.1. The maximum atomic E-state index is 12.0. The van der Waals surface area contributed by atoms with Gasteiger partial charge in [0.25, 0.3) is 0 Å². The Labute approximate surface area is 116 Å². The first-order valence-electron chi connectivity index (χ1n) is 5.52. The maximum Gasteiger partial charge on any atom is 0.387 e. The smallest absolute Gasteiger partial charge is 0.387 e. The first-order chi connectivity index (χ1) is 9.49. The lowest BCUT2D eigenvalue weighted by Crippen LogP contribution is -2.05. The number of ether oxygens (including phenoxy) is 1. The Bertz CT molecular complexity index is 595. The normalized spacial score (nSPS) is 12.4. The lowest BCUT2D eigenvalue weighted by Gasteiger charge is -2.11. The van der Waals surface area contributed by atoms with Crippen LogP contribution in [0.5, 0.6) is 5.75 Å². The fraction of sp³-hybridized carbons (Fsp3) is 0.154. The van der Waals surface area contributed by atoms with Crippen molar-refractivity contribution >= 4 is 17.3 Å². The van der Waals surface area contributed by atoms with E-state index < -0.39 is 18.7 Å². The van der Waals surface area contributed by atoms with E-state index in [-0.39, 0.29) is 11.3 Å². The van der Waals surface area contributed by atoms with Crippen LogP contribution < -0.4 is 4.74 Å². The van der Waals surface area contributed by atoms with Crippen LogP contribution in [0.2, 0.25) is 0 Å². The topological polar surface area (TPSA) is 66.8 Å². The molecule has 0 fully saturated rings. The third-order valence-electron chi connectivity index (χ3n) is 2.59. The van der Waals surface area contributed by atoms with Gasteiger partial charge in [-0.2, -0.15) is 8.78 Å². The average Bonchev–Trinajstić information content (AvgIpc) is 2.87. The van der Waals surface area contributed by atoms with Gasteiger partial charge in [-0.1, -0.05) is 12.1 Å². The molecule has 0 spiro atoms. The number of rotatable bonds is 5. The minimum Gasteiger partial charge on any atom is -0.478 e. The second-order valence-corrected chi connectivity index (χ2v) is 4.80. The number of aliphatic hydroxyl groups is 1. The van der Waals surface area contributed by atoms with Gasteiger partial charge >= 0.3 is 12.6 Å². The molecule has 0 saturated heterocycles. The van der Waals surface area contributed by atoms with Crippen molar-refractivity contribution in [3.63, 3.8) is 0 Å². The van der Waals surface area contributed by atoms with E-state index in [1.807, 2.05) is 0 Å². The summed E-state index contributed by atoms with van der Waals surface area (Å²) in [6.45, 7) is -2.92. The first kappa shape index (κ1) is 14.4. The largest absolute Gasteiger partial charge is 0.478 e. The van der Waals surface area contributed by atoms with Gasteiger partial charge in [0.2, 0.25) is 0 Å². The molecular formula is C13H10F2O4S. The highest BCUT2D eigenvalue weighted by Gasteiger charge is 2.20. The van der Waals surface area contributed by atoms with Crippen molar-refractivity contribution in [1.29, 1.82) is 0 Å². The van der Waals surface area contributed by atoms with Gasteiger partial charge in [0.1, 0.15) is 11.9 Å². The van der Waals surface area contributed by atoms with Crippen LogP contribution in [0.15, 0.2) is 35.7 Å². The Morgan fingerprint density at radius 3 is 2.40 bits per heavy atom. The van der Waals surface area contributed by atoms with Crippen molar-refractivity contribution in [3.05, 3.63) is 51.7 Å². The van der Waals surface area contributed by atoms with E-state index in [1.165, 1.54) is 30.3 Å². The number of alkyl halides is 2. The molecule has 106 valence electrons. The minimum absolute atomic E-state index is 0.0235. The van der Waals surface area contributed by atoms with Crippen LogP contribution in [-0.2, 0) is 0 Å². The minimum atomic E-state index is -2.92. The molecule has 1 heterocycles. The summed E-state index contributed by atoms with van der Waals surface area (Å²) in [5.41, 5.74) is 0.423. The molecule has 1 unspecified atom stereocenters. The zero-order valence-electron chi connectivity index (χ0n) is 9.99. The van der Waals surface area contributed by atoms with Crippen LogP contribution in [0.4, 0.5) is 8.78 Å². The van der Waals surface area contributed by atoms with E-state index in [0.717, 1.165) is 11.3 Å². The van der Waals surface area contributed by atoms with Crippen LogP contribution in [0, 0.1) is 0 Å². The molecule has 1 aromatic heterocycles. The number of hydrogen-bond acceptors (Lipinski definition) is 4. The molecule has 1 aromatic carbocycles. The van der Waals surface area contributed by atoms with Crippen molar-refractivity contribution in [2.75, 3.05) is 0 Å². The Morgan fingerprint density at radius 2 is 1.85 bits per heavy atom. The second kappa shape index (κ2) is 5.98. The van der Waals surface area contributed by atoms with E-state index in [9.17, 15) is 18.7 Å². The van der Waals surface area contributed by atoms with Crippen LogP contribution in [0.1, 0.15) is 26.9 Å². The monoisotopic (exact) mass is 300 g/mol. The first-order valence-corrected chi connectivity index (χ1v) is 6.40. The molecule has 0 aliphatic carbocycles. The summed E-state index contributed by atoms with van der Waals surface area (Å²) in [5.74, 6) is -1.15. The van der Waals surface area contributed by atoms with Gasteiger partial charge in [-0.15, -0.1) is 11.3 Å². The van der Waals surface area contributed by atoms with Gasteiger partial charge in [0, 0.05) is 0 Å². The summed E-state index contributed by atoms with van der Waals surface area (Å²) in [4.78, 5) is 11.3. The van der Waals surface area contributed by atoms with E-state index in [1.54, 1.807) is 5.38 Å². The van der Waals surface area contributed by atoms with Crippen LogP contribution in [0.3, 0.4) is 0 Å². The van der Waals surface area contributed by atoms with Gasteiger partial charge in [-0.25, -0.2) is 4.79 Å². The Morgan fingerprint density at radius 1 is 1.20 bits per heavy atom. The number of carboxylic acid groups (broad SMARTS) is 1. The summed E-state index contributed by atoms with van der Waals surface area (Å²) < 4.78 is 28.2. The molecule has 2 rings (SSSR count). The van der Waals surface area contributed by atoms with Gasteiger partial charge < -0.3 is 14.9 Å². The van der Waals surface area contributed by atoms with Crippen molar-refractivity contribution in [2.45, 2.75) is 12.7 Å². The number of benzene rings is 1. The van der Waals surface area contributed by atoms with Crippen molar-refractivity contribution in [3.8, 4) is 5.75 Å². The standard InChI is InChI=1S/C13H10F2O4S/c14-13(15)19-8-3-1-7(2-4-8)10(16)11-9(12(17)18)5-6-20-11/h1-6,10,13,16H,(H,17,18). The van der Waals surface area contributed by atoms with Crippen LogP contribution >= 0.6 is 11.3 Å². The van der Waals surface area contributed by atoms with Gasteiger partial charge in [0.15, 0.2) is 0 Å². The number of aromatic carboxylic acids is 1. The third kappa shape index (κ3) is 3.12. The second-order valence-electron chi connectivity index (χ2n) is 3.85. The molecule has 2 N–H and O–H groups in total. The molecule has 0 bridgehead atoms. The number of hydrogen-bond donors (Lipinski definition) is 2. The lowest BCUT2D eigenvalue weighted by atomic mass is 10.1. The van der Waals surface area contributed by atoms with Gasteiger partial charge in [0.05, 0.1) is 10.4 Å². The van der Waals surface area contributed by atoms with Gasteiger partial charge in [-0.3, -0.25) is 0 Å². The highest BCUT2D eigenvalue weighted by Crippen LogP contribution is 2.30. The van der Waals surface area contributed by atoms with Crippen molar-refractivity contribution in [1.82, 2.24) is 0 Å². The molecule has 0 aliphatic rings. The average molecular weight is 300 g/mol. The maximum absolute atomic E-state index is 12.0. The summed E-state index contributed by atoms with van der Waals surface area (Å²) >= 11 is 1.11. The summed E-state index contributed by atoms with van der Waals surface area (Å²) in [5, 5.41) is 20.7. The summed E-state index contributed by atoms with van der Waals surface area (Å²) in [6, 6.07) is 6.80. The molecule has 0 aliphatic heterocycles. The summed E-state index contributed by atoms with van der Waals surface area (Å²) in [6.07, 6.45) is -1.12. The number of carboxylic acids is 1. The van der Waals surface area contributed by atoms with Crippen LogP contribution in [0.25, 0.3) is 0 Å². The molecule has 7 heteroatoms. The fourth-order valence-corrected chi connectivity index (χ4v) is 2.59. The Hall–Kier alpha value is -1.99. The van der Waals surface area contributed by atoms with E-state index in [2.05, 4.69) is 4.74 Å². The zero-order chi connectivity index (χ0) is 14.7. The van der Waals surface area contributed by atoms with E-state index in [0.29, 0.717) is 10.4 Å². The molecule has 2 aromatic rings. The highest BCUT2D eigenvalue weighted by molar-refractivity contribution is 7.10. The lowest BCUT2D eigenvalue weighted by molar-refractivity contribution is -0.0498. The number of carbonyl (C=O) groups is 1. The predicted octanol–water partition coefficient (Wildman–Crippen LogP) is 3.13. The third-order valence-corrected chi connectivity index (χ3v) is 3.56. The number of thiophene rings is 1. The Kier molecular flexibility index (Phi) is 4.31. The SMILES string of the molecule is O=C(O)c1ccsc1C(O)c1ccc(OC(F)F)cc1. The van der Waals surface area contributed by atoms with Gasteiger partial charge in [-0.05, 0) is 29.1 Å². The van der Waals surface area contributed by atoms with E-state index in [4.69, 9.17) is 5.11 Å². The molecular weight excluding hydrogens is 290 g/mol.